The summed E-state index contributed by atoms with van der Waals surface area (Å²) < 4.78 is 0. The predicted octanol–water partition coefficient (Wildman–Crippen LogP) is 0.452. The van der Waals surface area contributed by atoms with Crippen molar-refractivity contribution >= 4 is 11.5 Å². The fourth-order valence-corrected chi connectivity index (χ4v) is 2.86. The van der Waals surface area contributed by atoms with Crippen LogP contribution in [0.5, 0.6) is 0 Å². The van der Waals surface area contributed by atoms with Gasteiger partial charge in [0.05, 0.1) is 11.8 Å². The molecule has 5 nitrogen and oxygen atoms in total. The molecule has 0 aromatic carbocycles. The molecule has 0 saturated carbocycles. The second-order valence-corrected chi connectivity index (χ2v) is 5.30. The van der Waals surface area contributed by atoms with E-state index in [4.69, 9.17) is 0 Å². The highest BCUT2D eigenvalue weighted by atomic mass is 16.3. The molecule has 0 unspecified atom stereocenters. The maximum Gasteiger partial charge on any atom is 0.152 e. The molecule has 1 aromatic heterocycles. The van der Waals surface area contributed by atoms with E-state index in [0.29, 0.717) is 0 Å². The molecule has 19 heavy (non-hydrogen) atoms. The van der Waals surface area contributed by atoms with Crippen molar-refractivity contribution < 1.29 is 5.11 Å². The quantitative estimate of drug-likeness (QED) is 0.810. The highest BCUT2D eigenvalue weighted by Crippen LogP contribution is 2.29. The number of aliphatic hydroxyl groups is 1. The molecule has 2 aliphatic rings. The smallest absolute Gasteiger partial charge is 0.152 e. The van der Waals surface area contributed by atoms with Gasteiger partial charge < -0.3 is 20.2 Å². The van der Waals surface area contributed by atoms with Crippen LogP contribution in [0.1, 0.15) is 12.8 Å². The van der Waals surface area contributed by atoms with E-state index in [9.17, 15) is 5.11 Å². The average molecular weight is 262 g/mol. The molecular weight excluding hydrogens is 240 g/mol. The van der Waals surface area contributed by atoms with Crippen LogP contribution in [0.2, 0.25) is 0 Å². The molecule has 2 aliphatic heterocycles. The number of rotatable bonds is 2. The van der Waals surface area contributed by atoms with Crippen LogP contribution in [0, 0.1) is 0 Å². The summed E-state index contributed by atoms with van der Waals surface area (Å²) >= 11 is 0. The summed E-state index contributed by atoms with van der Waals surface area (Å²) in [7, 11) is 0. The first-order valence-corrected chi connectivity index (χ1v) is 7.18. The van der Waals surface area contributed by atoms with Crippen LogP contribution in [0.25, 0.3) is 0 Å². The molecule has 2 fully saturated rings. The van der Waals surface area contributed by atoms with Crippen molar-refractivity contribution in [3.8, 4) is 0 Å². The molecular formula is C14H22N4O. The fraction of sp³-hybridized carbons (Fsp3) is 0.643. The van der Waals surface area contributed by atoms with Crippen molar-refractivity contribution in [3.05, 3.63) is 18.3 Å². The third kappa shape index (κ3) is 2.82. The van der Waals surface area contributed by atoms with Crippen molar-refractivity contribution in [1.82, 2.24) is 10.3 Å². The van der Waals surface area contributed by atoms with Crippen LogP contribution in [0.3, 0.4) is 0 Å². The number of anilines is 2. The van der Waals surface area contributed by atoms with Crippen molar-refractivity contribution in [1.29, 1.82) is 0 Å². The predicted molar refractivity (Wildman–Crippen MR) is 76.8 cm³/mol. The summed E-state index contributed by atoms with van der Waals surface area (Å²) in [4.78, 5) is 9.30. The average Bonchev–Trinajstić information content (AvgIpc) is 2.49. The third-order valence-corrected chi connectivity index (χ3v) is 3.99. The van der Waals surface area contributed by atoms with Crippen molar-refractivity contribution in [2.45, 2.75) is 18.9 Å². The molecule has 5 heteroatoms. The topological polar surface area (TPSA) is 51.6 Å². The Balaban J connectivity index is 1.80. The molecule has 0 radical (unpaired) electrons. The van der Waals surface area contributed by atoms with Crippen molar-refractivity contribution in [2.75, 3.05) is 49.1 Å². The van der Waals surface area contributed by atoms with Gasteiger partial charge in [0.15, 0.2) is 5.82 Å². The number of nitrogens with zero attached hydrogens (tertiary/aromatic N) is 3. The lowest BCUT2D eigenvalue weighted by atomic mass is 10.1. The van der Waals surface area contributed by atoms with Gasteiger partial charge in [-0.25, -0.2) is 4.98 Å². The monoisotopic (exact) mass is 262 g/mol. The number of aliphatic hydroxyl groups excluding tert-OH is 1. The second kappa shape index (κ2) is 5.75. The summed E-state index contributed by atoms with van der Waals surface area (Å²) in [5, 5.41) is 13.0. The molecule has 0 aliphatic carbocycles. The summed E-state index contributed by atoms with van der Waals surface area (Å²) in [6.07, 6.45) is 3.42. The van der Waals surface area contributed by atoms with Gasteiger partial charge in [0.2, 0.25) is 0 Å². The molecule has 1 aromatic rings. The number of hydrogen-bond donors (Lipinski definition) is 2. The number of hydrogen-bond acceptors (Lipinski definition) is 5. The molecule has 0 bridgehead atoms. The van der Waals surface area contributed by atoms with Crippen molar-refractivity contribution in [2.24, 2.45) is 0 Å². The molecule has 0 amide bonds. The Kier molecular flexibility index (Phi) is 3.84. The van der Waals surface area contributed by atoms with Gasteiger partial charge in [-0.05, 0) is 25.0 Å². The van der Waals surface area contributed by atoms with Crippen LogP contribution in [-0.2, 0) is 0 Å². The summed E-state index contributed by atoms with van der Waals surface area (Å²) in [5.74, 6) is 1.08. The van der Waals surface area contributed by atoms with Gasteiger partial charge >= 0.3 is 0 Å². The number of pyridine rings is 1. The zero-order valence-electron chi connectivity index (χ0n) is 11.3. The van der Waals surface area contributed by atoms with E-state index in [1.165, 1.54) is 5.69 Å². The lowest BCUT2D eigenvalue weighted by Crippen LogP contribution is -2.45. The maximum absolute atomic E-state index is 9.63. The van der Waals surface area contributed by atoms with Gasteiger partial charge in [-0.3, -0.25) is 0 Å². The molecule has 0 atom stereocenters. The van der Waals surface area contributed by atoms with E-state index in [1.807, 2.05) is 12.3 Å². The molecule has 104 valence electrons. The van der Waals surface area contributed by atoms with E-state index in [1.54, 1.807) is 0 Å². The Hall–Kier alpha value is -1.33. The third-order valence-electron chi connectivity index (χ3n) is 3.99. The maximum atomic E-state index is 9.63. The Bertz CT molecular complexity index is 412. The van der Waals surface area contributed by atoms with E-state index in [2.05, 4.69) is 26.2 Å². The van der Waals surface area contributed by atoms with Crippen LogP contribution >= 0.6 is 0 Å². The van der Waals surface area contributed by atoms with Gasteiger partial charge in [0.25, 0.3) is 0 Å². The Morgan fingerprint density at radius 2 is 1.84 bits per heavy atom. The first kappa shape index (κ1) is 12.7. The zero-order valence-corrected chi connectivity index (χ0v) is 11.3. The Morgan fingerprint density at radius 3 is 2.58 bits per heavy atom. The minimum atomic E-state index is -0.136. The number of nitrogens with one attached hydrogen (secondary N) is 1. The van der Waals surface area contributed by atoms with Gasteiger partial charge in [-0.2, -0.15) is 0 Å². The van der Waals surface area contributed by atoms with Gasteiger partial charge in [0.1, 0.15) is 0 Å². The summed E-state index contributed by atoms with van der Waals surface area (Å²) in [6, 6.07) is 4.18. The molecule has 0 spiro atoms. The minimum Gasteiger partial charge on any atom is -0.393 e. The first-order valence-electron chi connectivity index (χ1n) is 7.18. The molecule has 3 rings (SSSR count). The van der Waals surface area contributed by atoms with E-state index in [0.717, 1.165) is 57.9 Å². The van der Waals surface area contributed by atoms with Gasteiger partial charge in [-0.15, -0.1) is 0 Å². The minimum absolute atomic E-state index is 0.136. The van der Waals surface area contributed by atoms with Crippen LogP contribution in [-0.4, -0.2) is 55.5 Å². The number of aromatic nitrogens is 1. The zero-order chi connectivity index (χ0) is 13.1. The van der Waals surface area contributed by atoms with E-state index >= 15 is 0 Å². The summed E-state index contributed by atoms with van der Waals surface area (Å²) in [6.45, 7) is 5.94. The number of piperazine rings is 1. The Morgan fingerprint density at radius 1 is 1.11 bits per heavy atom. The van der Waals surface area contributed by atoms with Crippen LogP contribution in [0.4, 0.5) is 11.5 Å². The molecule has 3 heterocycles. The summed E-state index contributed by atoms with van der Waals surface area (Å²) in [5.41, 5.74) is 1.24. The molecule has 2 N–H and O–H groups in total. The van der Waals surface area contributed by atoms with Crippen LogP contribution < -0.4 is 15.1 Å². The largest absolute Gasteiger partial charge is 0.393 e. The first-order chi connectivity index (χ1) is 9.34. The van der Waals surface area contributed by atoms with Gasteiger partial charge in [-0.1, -0.05) is 0 Å². The number of piperidine rings is 1. The lowest BCUT2D eigenvalue weighted by molar-refractivity contribution is 0.145. The fourth-order valence-electron chi connectivity index (χ4n) is 2.86. The van der Waals surface area contributed by atoms with E-state index in [-0.39, 0.29) is 6.10 Å². The van der Waals surface area contributed by atoms with E-state index < -0.39 is 0 Å². The Labute approximate surface area is 114 Å². The molecule has 2 saturated heterocycles. The normalized spacial score (nSPS) is 21.7. The van der Waals surface area contributed by atoms with Crippen LogP contribution in [0.15, 0.2) is 18.3 Å². The SMILES string of the molecule is OC1CCN(c2ncccc2N2CCNCC2)CC1. The standard InChI is InChI=1S/C14H22N4O/c19-12-3-8-18(9-4-12)14-13(2-1-5-16-14)17-10-6-15-7-11-17/h1-2,5,12,15,19H,3-4,6-11H2. The second-order valence-electron chi connectivity index (χ2n) is 5.30. The highest BCUT2D eigenvalue weighted by molar-refractivity contribution is 5.67. The van der Waals surface area contributed by atoms with Crippen molar-refractivity contribution in [3.63, 3.8) is 0 Å². The highest BCUT2D eigenvalue weighted by Gasteiger charge is 2.22. The lowest BCUT2D eigenvalue weighted by Gasteiger charge is -2.36. The van der Waals surface area contributed by atoms with Gasteiger partial charge in [0, 0.05) is 45.5 Å².